The van der Waals surface area contributed by atoms with E-state index in [-0.39, 0.29) is 18.1 Å². The summed E-state index contributed by atoms with van der Waals surface area (Å²) in [5.74, 6) is 0.372. The molecule has 1 unspecified atom stereocenters. The van der Waals surface area contributed by atoms with Crippen molar-refractivity contribution in [3.8, 4) is 0 Å². The Morgan fingerprint density at radius 3 is 3.00 bits per heavy atom. The van der Waals surface area contributed by atoms with Gasteiger partial charge in [0.25, 0.3) is 0 Å². The van der Waals surface area contributed by atoms with Gasteiger partial charge in [0.05, 0.1) is 6.42 Å². The van der Waals surface area contributed by atoms with Gasteiger partial charge in [0, 0.05) is 13.1 Å². The Hall–Kier alpha value is -1.42. The molecule has 1 fully saturated rings. The molecule has 1 amide bonds. The van der Waals surface area contributed by atoms with E-state index < -0.39 is 0 Å². The van der Waals surface area contributed by atoms with Crippen LogP contribution in [0.15, 0.2) is 24.3 Å². The van der Waals surface area contributed by atoms with Crippen molar-refractivity contribution in [2.45, 2.75) is 32.6 Å². The maximum absolute atomic E-state index is 13.4. The lowest BCUT2D eigenvalue weighted by Crippen LogP contribution is -2.36. The van der Waals surface area contributed by atoms with E-state index in [0.717, 1.165) is 18.9 Å². The third-order valence-electron chi connectivity index (χ3n) is 4.02. The fourth-order valence-corrected chi connectivity index (χ4v) is 2.90. The second kappa shape index (κ2) is 8.13. The van der Waals surface area contributed by atoms with Crippen molar-refractivity contribution in [1.29, 1.82) is 0 Å². The summed E-state index contributed by atoms with van der Waals surface area (Å²) in [6.45, 7) is 6.33. The predicted octanol–water partition coefficient (Wildman–Crippen LogP) is 2.61. The molecule has 1 saturated heterocycles. The van der Waals surface area contributed by atoms with Crippen molar-refractivity contribution < 1.29 is 9.18 Å². The van der Waals surface area contributed by atoms with E-state index in [4.69, 9.17) is 0 Å². The first-order valence-corrected chi connectivity index (χ1v) is 7.87. The number of amides is 1. The highest BCUT2D eigenvalue weighted by atomic mass is 19.1. The quantitative estimate of drug-likeness (QED) is 0.817. The van der Waals surface area contributed by atoms with Crippen LogP contribution in [0, 0.1) is 11.7 Å². The highest BCUT2D eigenvalue weighted by molar-refractivity contribution is 5.78. The fraction of sp³-hybridized carbons (Fsp3) is 0.588. The number of hydrogen-bond donors (Lipinski definition) is 1. The van der Waals surface area contributed by atoms with E-state index in [0.29, 0.717) is 12.1 Å². The van der Waals surface area contributed by atoms with Gasteiger partial charge in [0.2, 0.25) is 5.91 Å². The third-order valence-corrected chi connectivity index (χ3v) is 4.02. The maximum Gasteiger partial charge on any atom is 0.224 e. The Balaban J connectivity index is 1.62. The highest BCUT2D eigenvalue weighted by Crippen LogP contribution is 2.15. The number of piperidine rings is 1. The molecule has 21 heavy (non-hydrogen) atoms. The monoisotopic (exact) mass is 292 g/mol. The Bertz CT molecular complexity index is 464. The van der Waals surface area contributed by atoms with Crippen LogP contribution in [0.25, 0.3) is 0 Å². The predicted molar refractivity (Wildman–Crippen MR) is 82.6 cm³/mol. The average molecular weight is 292 g/mol. The van der Waals surface area contributed by atoms with Crippen LogP contribution in [0.2, 0.25) is 0 Å². The van der Waals surface area contributed by atoms with Crippen LogP contribution in [0.4, 0.5) is 4.39 Å². The topological polar surface area (TPSA) is 32.3 Å². The second-order valence-electron chi connectivity index (χ2n) is 6.02. The summed E-state index contributed by atoms with van der Waals surface area (Å²) in [5.41, 5.74) is 0.458. The largest absolute Gasteiger partial charge is 0.356 e. The SMILES string of the molecule is CC1CCCN(CCCNC(=O)Cc2ccccc2F)C1. The summed E-state index contributed by atoms with van der Waals surface area (Å²) in [4.78, 5) is 14.2. The third kappa shape index (κ3) is 5.46. The Morgan fingerprint density at radius 1 is 1.43 bits per heavy atom. The van der Waals surface area contributed by atoms with E-state index in [2.05, 4.69) is 17.1 Å². The summed E-state index contributed by atoms with van der Waals surface area (Å²) in [6, 6.07) is 6.43. The minimum Gasteiger partial charge on any atom is -0.356 e. The molecule has 1 aliphatic heterocycles. The van der Waals surface area contributed by atoms with Gasteiger partial charge in [0.1, 0.15) is 5.82 Å². The Morgan fingerprint density at radius 2 is 2.24 bits per heavy atom. The molecule has 1 aliphatic rings. The first kappa shape index (κ1) is 16.0. The number of rotatable bonds is 6. The Labute approximate surface area is 126 Å². The van der Waals surface area contributed by atoms with E-state index in [1.165, 1.54) is 32.0 Å². The molecule has 1 N–H and O–H groups in total. The number of nitrogens with one attached hydrogen (secondary N) is 1. The molecule has 0 radical (unpaired) electrons. The summed E-state index contributed by atoms with van der Waals surface area (Å²) < 4.78 is 13.4. The molecular weight excluding hydrogens is 267 g/mol. The number of nitrogens with zero attached hydrogens (tertiary/aromatic N) is 1. The van der Waals surface area contributed by atoms with Gasteiger partial charge in [-0.3, -0.25) is 4.79 Å². The van der Waals surface area contributed by atoms with Crippen molar-refractivity contribution in [3.05, 3.63) is 35.6 Å². The molecule has 2 rings (SSSR count). The lowest BCUT2D eigenvalue weighted by Gasteiger charge is -2.30. The van der Waals surface area contributed by atoms with E-state index in [1.54, 1.807) is 18.2 Å². The van der Waals surface area contributed by atoms with Crippen LogP contribution >= 0.6 is 0 Å². The van der Waals surface area contributed by atoms with Gasteiger partial charge >= 0.3 is 0 Å². The molecule has 116 valence electrons. The van der Waals surface area contributed by atoms with Crippen molar-refractivity contribution >= 4 is 5.91 Å². The lowest BCUT2D eigenvalue weighted by atomic mass is 10.0. The van der Waals surface area contributed by atoms with Crippen LogP contribution < -0.4 is 5.32 Å². The van der Waals surface area contributed by atoms with Gasteiger partial charge in [-0.2, -0.15) is 0 Å². The van der Waals surface area contributed by atoms with E-state index in [1.807, 2.05) is 0 Å². The summed E-state index contributed by atoms with van der Waals surface area (Å²) in [6.07, 6.45) is 3.68. The molecule has 0 saturated carbocycles. The van der Waals surface area contributed by atoms with Crippen LogP contribution in [0.3, 0.4) is 0 Å². The van der Waals surface area contributed by atoms with Gasteiger partial charge in [-0.25, -0.2) is 4.39 Å². The molecule has 0 bridgehead atoms. The number of carbonyl (C=O) groups excluding carboxylic acids is 1. The van der Waals surface area contributed by atoms with Crippen molar-refractivity contribution in [3.63, 3.8) is 0 Å². The van der Waals surface area contributed by atoms with Gasteiger partial charge in [-0.1, -0.05) is 25.1 Å². The number of hydrogen-bond acceptors (Lipinski definition) is 2. The van der Waals surface area contributed by atoms with Crippen LogP contribution in [0.1, 0.15) is 31.7 Å². The first-order valence-electron chi connectivity index (χ1n) is 7.87. The van der Waals surface area contributed by atoms with E-state index >= 15 is 0 Å². The van der Waals surface area contributed by atoms with Gasteiger partial charge < -0.3 is 10.2 Å². The van der Waals surface area contributed by atoms with Crippen LogP contribution in [0.5, 0.6) is 0 Å². The van der Waals surface area contributed by atoms with E-state index in [9.17, 15) is 9.18 Å². The zero-order valence-electron chi connectivity index (χ0n) is 12.8. The minimum atomic E-state index is -0.310. The molecule has 1 atom stereocenters. The molecule has 4 heteroatoms. The van der Waals surface area contributed by atoms with Gasteiger partial charge in [-0.15, -0.1) is 0 Å². The number of benzene rings is 1. The number of halogens is 1. The van der Waals surface area contributed by atoms with Crippen molar-refractivity contribution in [2.24, 2.45) is 5.92 Å². The summed E-state index contributed by atoms with van der Waals surface area (Å²) in [5, 5.41) is 2.88. The molecular formula is C17H25FN2O. The molecule has 3 nitrogen and oxygen atoms in total. The standard InChI is InChI=1S/C17H25FN2O/c1-14-6-4-10-20(13-14)11-5-9-19-17(21)12-15-7-2-3-8-16(15)18/h2-3,7-8,14H,4-6,9-13H2,1H3,(H,19,21). The fourth-order valence-electron chi connectivity index (χ4n) is 2.90. The summed E-state index contributed by atoms with van der Waals surface area (Å²) in [7, 11) is 0. The Kier molecular flexibility index (Phi) is 6.18. The maximum atomic E-state index is 13.4. The second-order valence-corrected chi connectivity index (χ2v) is 6.02. The minimum absolute atomic E-state index is 0.105. The zero-order valence-corrected chi connectivity index (χ0v) is 12.8. The van der Waals surface area contributed by atoms with Gasteiger partial charge in [-0.05, 0) is 49.9 Å². The van der Waals surface area contributed by atoms with Crippen molar-refractivity contribution in [1.82, 2.24) is 10.2 Å². The molecule has 1 aromatic rings. The highest BCUT2D eigenvalue weighted by Gasteiger charge is 2.15. The van der Waals surface area contributed by atoms with Crippen molar-refractivity contribution in [2.75, 3.05) is 26.2 Å². The summed E-state index contributed by atoms with van der Waals surface area (Å²) >= 11 is 0. The van der Waals surface area contributed by atoms with Gasteiger partial charge in [0.15, 0.2) is 0 Å². The molecule has 1 aromatic carbocycles. The van der Waals surface area contributed by atoms with Crippen LogP contribution in [-0.2, 0) is 11.2 Å². The number of likely N-dealkylation sites (tertiary alicyclic amines) is 1. The molecule has 0 aromatic heterocycles. The number of carbonyl (C=O) groups is 1. The molecule has 0 spiro atoms. The normalized spacial score (nSPS) is 19.4. The molecule has 1 heterocycles. The smallest absolute Gasteiger partial charge is 0.224 e. The first-order chi connectivity index (χ1) is 10.1. The zero-order chi connectivity index (χ0) is 15.1. The molecule has 0 aliphatic carbocycles. The average Bonchev–Trinajstić information content (AvgIpc) is 2.46. The lowest BCUT2D eigenvalue weighted by molar-refractivity contribution is -0.120. The van der Waals surface area contributed by atoms with Crippen LogP contribution in [-0.4, -0.2) is 37.0 Å².